The van der Waals surface area contributed by atoms with Crippen molar-refractivity contribution in [1.82, 2.24) is 18.5 Å². The molecule has 3 aliphatic rings. The first-order valence-electron chi connectivity index (χ1n) is 16.2. The molecule has 2 aromatic carbocycles. The van der Waals surface area contributed by atoms with Gasteiger partial charge in [0, 0.05) is 61.3 Å². The molecule has 7 rings (SSSR count). The molecule has 4 aromatic rings. The molecule has 2 amide bonds. The minimum absolute atomic E-state index is 0.0302. The van der Waals surface area contributed by atoms with Crippen LogP contribution in [0, 0.1) is 0 Å². The Balaban J connectivity index is 1.43. The van der Waals surface area contributed by atoms with Crippen LogP contribution in [-0.4, -0.2) is 77.3 Å². The smallest absolute Gasteiger partial charge is 0.264 e. The Labute approximate surface area is 281 Å². The summed E-state index contributed by atoms with van der Waals surface area (Å²) in [6, 6.07) is 14.1. The molecular formula is C36H40N4O5S2. The van der Waals surface area contributed by atoms with E-state index >= 15 is 0 Å². The first-order chi connectivity index (χ1) is 22.8. The fourth-order valence-corrected chi connectivity index (χ4v) is 8.57. The normalized spacial score (nSPS) is 17.5. The van der Waals surface area contributed by atoms with E-state index in [9.17, 15) is 13.8 Å². The number of methoxy groups -OCH3 is 1. The maximum atomic E-state index is 13.8. The Morgan fingerprint density at radius 1 is 1.02 bits per heavy atom. The summed E-state index contributed by atoms with van der Waals surface area (Å²) in [6.07, 6.45) is 8.06. The van der Waals surface area contributed by atoms with Crippen LogP contribution in [0.3, 0.4) is 0 Å². The molecule has 1 saturated heterocycles. The number of carbonyl (C=O) groups excluding carboxylic acids is 2. The van der Waals surface area contributed by atoms with E-state index in [1.165, 1.54) is 40.5 Å². The maximum Gasteiger partial charge on any atom is 0.264 e. The number of hydrogen-bond acceptors (Lipinski definition) is 6. The van der Waals surface area contributed by atoms with E-state index in [1.54, 1.807) is 21.2 Å². The summed E-state index contributed by atoms with van der Waals surface area (Å²) in [5.41, 5.74) is 7.96. The number of thiophene rings is 1. The number of nitrogens with zero attached hydrogens (tertiary/aromatic N) is 3. The van der Waals surface area contributed by atoms with E-state index < -0.39 is 11.2 Å². The van der Waals surface area contributed by atoms with Crippen molar-refractivity contribution in [2.24, 2.45) is 0 Å². The van der Waals surface area contributed by atoms with Gasteiger partial charge in [-0.2, -0.15) is 0 Å². The molecular weight excluding hydrogens is 633 g/mol. The van der Waals surface area contributed by atoms with E-state index in [0.717, 1.165) is 62.3 Å². The Morgan fingerprint density at radius 2 is 1.81 bits per heavy atom. The molecule has 0 radical (unpaired) electrons. The quantitative estimate of drug-likeness (QED) is 0.248. The summed E-state index contributed by atoms with van der Waals surface area (Å²) in [5.74, 6) is 0.799. The van der Waals surface area contributed by atoms with Crippen LogP contribution in [0.1, 0.15) is 74.7 Å². The Bertz CT molecular complexity index is 1900. The number of amides is 2. The Hall–Kier alpha value is -3.77. The van der Waals surface area contributed by atoms with Crippen molar-refractivity contribution in [1.29, 1.82) is 0 Å². The number of benzene rings is 2. The standard InChI is InChI=1S/C36H40N4O5S2/c1-38(2)47(43)37-35(41)24-9-11-30-31(21-24)40-22-26(29-13-18-46-34(29)36(42)39-14-16-45-17-15-39)19-25-20-27(44-3)10-12-28(25)33(40)32(30)23-7-5-4-6-8-23/h9-13,18-21,23H,4-8,14-17,22H2,1-3H3,(H,37,41). The lowest BCUT2D eigenvalue weighted by molar-refractivity contribution is 0.0306. The summed E-state index contributed by atoms with van der Waals surface area (Å²) < 4.78 is 30.1. The van der Waals surface area contributed by atoms with Gasteiger partial charge in [0.25, 0.3) is 11.8 Å². The van der Waals surface area contributed by atoms with E-state index in [1.807, 2.05) is 28.5 Å². The molecule has 246 valence electrons. The van der Waals surface area contributed by atoms with Crippen LogP contribution in [0.15, 0.2) is 47.8 Å². The number of fused-ring (bicyclic) bond motifs is 5. The molecule has 1 saturated carbocycles. The molecule has 2 aromatic heterocycles. The van der Waals surface area contributed by atoms with Gasteiger partial charge < -0.3 is 18.9 Å². The lowest BCUT2D eigenvalue weighted by atomic mass is 9.81. The molecule has 1 N–H and O–H groups in total. The number of morpholine rings is 1. The van der Waals surface area contributed by atoms with Crippen molar-refractivity contribution in [3.05, 3.63) is 75.0 Å². The highest BCUT2D eigenvalue weighted by atomic mass is 32.2. The van der Waals surface area contributed by atoms with Crippen LogP contribution in [0.25, 0.3) is 33.8 Å². The van der Waals surface area contributed by atoms with Crippen molar-refractivity contribution in [3.63, 3.8) is 0 Å². The molecule has 0 bridgehead atoms. The lowest BCUT2D eigenvalue weighted by Gasteiger charge is -2.27. The predicted octanol–water partition coefficient (Wildman–Crippen LogP) is 6.32. The largest absolute Gasteiger partial charge is 0.497 e. The molecule has 2 aliphatic heterocycles. The Morgan fingerprint density at radius 3 is 2.55 bits per heavy atom. The van der Waals surface area contributed by atoms with Crippen molar-refractivity contribution >= 4 is 56.9 Å². The third kappa shape index (κ3) is 6.06. The second-order valence-electron chi connectivity index (χ2n) is 12.6. The van der Waals surface area contributed by atoms with Crippen LogP contribution < -0.4 is 9.46 Å². The fourth-order valence-electron chi connectivity index (χ4n) is 7.21. The fraction of sp³-hybridized carbons (Fsp3) is 0.389. The van der Waals surface area contributed by atoms with Gasteiger partial charge in [0.2, 0.25) is 0 Å². The molecule has 1 atom stereocenters. The van der Waals surface area contributed by atoms with Crippen molar-refractivity contribution in [2.45, 2.75) is 44.6 Å². The molecule has 4 heterocycles. The number of carbonyl (C=O) groups is 2. The average molecular weight is 673 g/mol. The number of allylic oxidation sites excluding steroid dienone is 1. The van der Waals surface area contributed by atoms with Crippen LogP contribution in [-0.2, 0) is 22.5 Å². The highest BCUT2D eigenvalue weighted by Crippen LogP contribution is 2.48. The number of hydrogen-bond donors (Lipinski definition) is 1. The molecule has 1 unspecified atom stereocenters. The van der Waals surface area contributed by atoms with Gasteiger partial charge in [-0.15, -0.1) is 11.3 Å². The molecule has 0 spiro atoms. The molecule has 2 fully saturated rings. The summed E-state index contributed by atoms with van der Waals surface area (Å²) in [7, 11) is 5.00. The van der Waals surface area contributed by atoms with Crippen LogP contribution in [0.2, 0.25) is 0 Å². The molecule has 9 nitrogen and oxygen atoms in total. The highest BCUT2D eigenvalue weighted by molar-refractivity contribution is 7.81. The van der Waals surface area contributed by atoms with Crippen molar-refractivity contribution in [2.75, 3.05) is 47.5 Å². The van der Waals surface area contributed by atoms with Crippen LogP contribution >= 0.6 is 11.3 Å². The molecule has 11 heteroatoms. The third-order valence-electron chi connectivity index (χ3n) is 9.57. The number of rotatable bonds is 7. The van der Waals surface area contributed by atoms with Gasteiger partial charge in [0.1, 0.15) is 5.75 Å². The topological polar surface area (TPSA) is 93.1 Å². The second kappa shape index (κ2) is 13.4. The van der Waals surface area contributed by atoms with Gasteiger partial charge in [-0.25, -0.2) is 8.51 Å². The molecule has 1 aliphatic carbocycles. The first-order valence-corrected chi connectivity index (χ1v) is 18.2. The number of ether oxygens (including phenoxy) is 2. The highest BCUT2D eigenvalue weighted by Gasteiger charge is 2.31. The second-order valence-corrected chi connectivity index (χ2v) is 14.9. The van der Waals surface area contributed by atoms with E-state index in [0.29, 0.717) is 44.3 Å². The zero-order chi connectivity index (χ0) is 32.7. The number of aromatic nitrogens is 1. The summed E-state index contributed by atoms with van der Waals surface area (Å²) in [6.45, 7) is 2.77. The van der Waals surface area contributed by atoms with E-state index in [2.05, 4.69) is 39.6 Å². The van der Waals surface area contributed by atoms with Gasteiger partial charge in [-0.1, -0.05) is 25.3 Å². The summed E-state index contributed by atoms with van der Waals surface area (Å²) in [5, 5.41) is 3.13. The minimum atomic E-state index is -1.64. The maximum absolute atomic E-state index is 13.8. The van der Waals surface area contributed by atoms with Gasteiger partial charge in [0.05, 0.1) is 30.9 Å². The van der Waals surface area contributed by atoms with Crippen molar-refractivity contribution in [3.8, 4) is 17.0 Å². The molecule has 47 heavy (non-hydrogen) atoms. The Kier molecular flexibility index (Phi) is 9.06. The van der Waals surface area contributed by atoms with E-state index in [4.69, 9.17) is 9.47 Å². The van der Waals surface area contributed by atoms with E-state index in [-0.39, 0.29) is 11.8 Å². The minimum Gasteiger partial charge on any atom is -0.497 e. The van der Waals surface area contributed by atoms with Crippen molar-refractivity contribution < 1.29 is 23.3 Å². The van der Waals surface area contributed by atoms with Crippen LogP contribution in [0.5, 0.6) is 5.75 Å². The van der Waals surface area contributed by atoms with Gasteiger partial charge in [0.15, 0.2) is 11.2 Å². The lowest BCUT2D eigenvalue weighted by Crippen LogP contribution is -2.40. The zero-order valence-corrected chi connectivity index (χ0v) is 28.7. The summed E-state index contributed by atoms with van der Waals surface area (Å²) in [4.78, 5) is 29.8. The SMILES string of the molecule is COc1ccc2c(c1)C=C(c1ccsc1C(=O)N1CCOCC1)Cn1c-2c(C2CCCCC2)c2ccc(C(=O)NS(=O)N(C)C)cc21. The van der Waals surface area contributed by atoms with Gasteiger partial charge in [-0.3, -0.25) is 14.3 Å². The third-order valence-corrected chi connectivity index (χ3v) is 11.5. The number of nitrogens with one attached hydrogen (secondary N) is 1. The van der Waals surface area contributed by atoms with Gasteiger partial charge >= 0.3 is 0 Å². The predicted molar refractivity (Wildman–Crippen MR) is 188 cm³/mol. The summed E-state index contributed by atoms with van der Waals surface area (Å²) >= 11 is -0.169. The van der Waals surface area contributed by atoms with Gasteiger partial charge in [-0.05, 0) is 83.3 Å². The van der Waals surface area contributed by atoms with Crippen LogP contribution in [0.4, 0.5) is 0 Å². The monoisotopic (exact) mass is 672 g/mol. The average Bonchev–Trinajstić information content (AvgIpc) is 3.67. The zero-order valence-electron chi connectivity index (χ0n) is 27.0. The first kappa shape index (κ1) is 31.8.